The van der Waals surface area contributed by atoms with E-state index in [1.54, 1.807) is 5.56 Å². The summed E-state index contributed by atoms with van der Waals surface area (Å²) in [4.78, 5) is 2.55. The maximum atomic E-state index is 6.36. The number of nitrogens with zero attached hydrogens (tertiary/aromatic N) is 1. The van der Waals surface area contributed by atoms with E-state index in [1.165, 1.54) is 76.7 Å². The minimum Gasteiger partial charge on any atom is -0.456 e. The van der Waals surface area contributed by atoms with Crippen molar-refractivity contribution in [3.05, 3.63) is 258 Å². The molecule has 0 N–H and O–H groups in total. The first-order valence-corrected chi connectivity index (χ1v) is 24.5. The van der Waals surface area contributed by atoms with Crippen molar-refractivity contribution in [1.29, 1.82) is 0 Å². The molecular formula is C65H51NO. The van der Waals surface area contributed by atoms with E-state index in [4.69, 9.17) is 4.42 Å². The third-order valence-corrected chi connectivity index (χ3v) is 16.8. The van der Waals surface area contributed by atoms with Crippen LogP contribution >= 0.6 is 0 Å². The number of furan rings is 1. The maximum absolute atomic E-state index is 6.36. The lowest BCUT2D eigenvalue weighted by Crippen LogP contribution is -2.59. The standard InChI is InChI=1S/C65H51NO/c1-4-16-46(17-5-1)54-22-10-14-26-61(54)66(52-31-28-45(29-32-52)47-30-34-56-55-23-11-15-27-62(55)67-63(56)41-47)53-33-35-59-60(42-53)65(50-37-43-36-44(39-50)40-51(65)38-43)58-25-13-12-24-57(58)64(59,48-18-6-2-7-19-48)49-20-8-3-9-21-49/h1-35,41-44,50-51H,36-40H2. The largest absolute Gasteiger partial charge is 0.456 e. The van der Waals surface area contributed by atoms with Crippen LogP contribution in [0.5, 0.6) is 0 Å². The Morgan fingerprint density at radius 3 is 1.64 bits per heavy atom. The molecule has 1 aromatic heterocycles. The van der Waals surface area contributed by atoms with Crippen LogP contribution in [0.2, 0.25) is 0 Å². The Kier molecular flexibility index (Phi) is 8.72. The third kappa shape index (κ3) is 5.69. The molecule has 5 aliphatic rings. The van der Waals surface area contributed by atoms with Gasteiger partial charge in [0.25, 0.3) is 0 Å². The average Bonchev–Trinajstić information content (AvgIpc) is 3.77. The van der Waals surface area contributed by atoms with Gasteiger partial charge in [-0.3, -0.25) is 0 Å². The predicted molar refractivity (Wildman–Crippen MR) is 275 cm³/mol. The number of hydrogen-bond acceptors (Lipinski definition) is 2. The molecule has 0 radical (unpaired) electrons. The summed E-state index contributed by atoms with van der Waals surface area (Å²) in [5.74, 6) is 2.86. The van der Waals surface area contributed by atoms with Crippen LogP contribution in [0.15, 0.2) is 229 Å². The van der Waals surface area contributed by atoms with E-state index in [9.17, 15) is 0 Å². The van der Waals surface area contributed by atoms with Crippen molar-refractivity contribution in [2.75, 3.05) is 4.90 Å². The Bertz CT molecular complexity index is 3410. The van der Waals surface area contributed by atoms with Gasteiger partial charge in [-0.15, -0.1) is 0 Å². The SMILES string of the molecule is c1ccc(-c2ccccc2N(c2ccc(-c3ccc4c(c3)oc3ccccc34)cc2)c2ccc3c(c2)C2(c4ccccc4C3(c3ccccc3)c3ccccc3)C3CC4CC(C3)CC2C4)cc1. The van der Waals surface area contributed by atoms with Gasteiger partial charge in [-0.1, -0.05) is 176 Å². The molecule has 0 amide bonds. The molecule has 4 bridgehead atoms. The molecule has 2 nitrogen and oxygen atoms in total. The topological polar surface area (TPSA) is 16.4 Å². The van der Waals surface area contributed by atoms with Crippen molar-refractivity contribution in [2.24, 2.45) is 23.7 Å². The van der Waals surface area contributed by atoms with Gasteiger partial charge in [-0.05, 0) is 154 Å². The van der Waals surface area contributed by atoms with Gasteiger partial charge in [0.2, 0.25) is 0 Å². The molecule has 1 spiro atoms. The van der Waals surface area contributed by atoms with Crippen LogP contribution in [0.25, 0.3) is 44.2 Å². The van der Waals surface area contributed by atoms with E-state index in [1.807, 2.05) is 6.07 Å². The summed E-state index contributed by atoms with van der Waals surface area (Å²) in [5.41, 5.74) is 18.1. The zero-order chi connectivity index (χ0) is 44.1. The molecule has 0 atom stereocenters. The lowest BCUT2D eigenvalue weighted by Gasteiger charge is -2.65. The summed E-state index contributed by atoms with van der Waals surface area (Å²) >= 11 is 0. The Morgan fingerprint density at radius 2 is 0.925 bits per heavy atom. The fraction of sp³-hybridized carbons (Fsp3) is 0.169. The van der Waals surface area contributed by atoms with E-state index in [-0.39, 0.29) is 5.41 Å². The molecule has 1 heterocycles. The van der Waals surface area contributed by atoms with E-state index >= 15 is 0 Å². The third-order valence-electron chi connectivity index (χ3n) is 16.8. The van der Waals surface area contributed by atoms with Gasteiger partial charge in [-0.25, -0.2) is 0 Å². The Labute approximate surface area is 393 Å². The highest BCUT2D eigenvalue weighted by atomic mass is 16.3. The second-order valence-electron chi connectivity index (χ2n) is 20.0. The van der Waals surface area contributed by atoms with E-state index in [2.05, 4.69) is 223 Å². The van der Waals surface area contributed by atoms with Crippen LogP contribution in [0.1, 0.15) is 65.5 Å². The smallest absolute Gasteiger partial charge is 0.136 e. The second-order valence-corrected chi connectivity index (χ2v) is 20.0. The molecule has 4 fully saturated rings. The molecule has 9 aromatic carbocycles. The van der Waals surface area contributed by atoms with Gasteiger partial charge in [-0.2, -0.15) is 0 Å². The van der Waals surface area contributed by atoms with Gasteiger partial charge in [0.15, 0.2) is 0 Å². The zero-order valence-electron chi connectivity index (χ0n) is 37.6. The first-order valence-electron chi connectivity index (χ1n) is 24.5. The van der Waals surface area contributed by atoms with Crippen LogP contribution in [-0.4, -0.2) is 0 Å². The number of anilines is 3. The van der Waals surface area contributed by atoms with Crippen LogP contribution < -0.4 is 4.90 Å². The molecule has 5 aliphatic carbocycles. The van der Waals surface area contributed by atoms with Crippen molar-refractivity contribution in [3.63, 3.8) is 0 Å². The molecular weight excluding hydrogens is 811 g/mol. The van der Waals surface area contributed by atoms with Gasteiger partial charge in [0, 0.05) is 33.1 Å². The lowest BCUT2D eigenvalue weighted by molar-refractivity contribution is -0.0440. The zero-order valence-corrected chi connectivity index (χ0v) is 37.6. The van der Waals surface area contributed by atoms with Crippen LogP contribution in [0, 0.1) is 23.7 Å². The summed E-state index contributed by atoms with van der Waals surface area (Å²) in [7, 11) is 0. The quantitative estimate of drug-likeness (QED) is 0.159. The van der Waals surface area contributed by atoms with Crippen LogP contribution in [0.3, 0.4) is 0 Å². The van der Waals surface area contributed by atoms with Crippen LogP contribution in [0.4, 0.5) is 17.1 Å². The minimum atomic E-state index is -0.498. The normalized spacial score (nSPS) is 21.9. The first kappa shape index (κ1) is 38.8. The van der Waals surface area contributed by atoms with Crippen molar-refractivity contribution < 1.29 is 4.42 Å². The highest BCUT2D eigenvalue weighted by Gasteiger charge is 2.63. The second kappa shape index (κ2) is 15.1. The van der Waals surface area contributed by atoms with Gasteiger partial charge in [0.1, 0.15) is 11.2 Å². The molecule has 0 saturated heterocycles. The molecule has 67 heavy (non-hydrogen) atoms. The fourth-order valence-corrected chi connectivity index (χ4v) is 14.4. The number of fused-ring (bicyclic) bond motifs is 5. The number of para-hydroxylation sites is 2. The van der Waals surface area contributed by atoms with Crippen molar-refractivity contribution in [2.45, 2.75) is 42.9 Å². The van der Waals surface area contributed by atoms with Gasteiger partial charge >= 0.3 is 0 Å². The highest BCUT2D eigenvalue weighted by Crippen LogP contribution is 2.70. The van der Waals surface area contributed by atoms with Gasteiger partial charge in [0.05, 0.1) is 11.1 Å². The summed E-state index contributed by atoms with van der Waals surface area (Å²) in [6.07, 6.45) is 6.68. The highest BCUT2D eigenvalue weighted by molar-refractivity contribution is 6.06. The molecule has 4 saturated carbocycles. The van der Waals surface area contributed by atoms with Gasteiger partial charge < -0.3 is 9.32 Å². The van der Waals surface area contributed by atoms with Crippen molar-refractivity contribution in [3.8, 4) is 22.3 Å². The lowest BCUT2D eigenvalue weighted by atomic mass is 9.38. The summed E-state index contributed by atoms with van der Waals surface area (Å²) < 4.78 is 6.36. The molecule has 10 aromatic rings. The molecule has 2 heteroatoms. The summed E-state index contributed by atoms with van der Waals surface area (Å²) in [5, 5.41) is 2.30. The number of hydrogen-bond donors (Lipinski definition) is 0. The van der Waals surface area contributed by atoms with E-state index < -0.39 is 5.41 Å². The maximum Gasteiger partial charge on any atom is 0.136 e. The van der Waals surface area contributed by atoms with Crippen LogP contribution in [-0.2, 0) is 10.8 Å². The first-order chi connectivity index (χ1) is 33.2. The van der Waals surface area contributed by atoms with Crippen molar-refractivity contribution in [1.82, 2.24) is 0 Å². The molecule has 0 aliphatic heterocycles. The Morgan fingerprint density at radius 1 is 0.373 bits per heavy atom. The summed E-state index contributed by atoms with van der Waals surface area (Å²) in [6.45, 7) is 0. The fourth-order valence-electron chi connectivity index (χ4n) is 14.4. The summed E-state index contributed by atoms with van der Waals surface area (Å²) in [6, 6.07) is 84.3. The Balaban J connectivity index is 1.02. The number of benzene rings is 9. The molecule has 322 valence electrons. The Hall–Kier alpha value is -7.42. The van der Waals surface area contributed by atoms with Crippen molar-refractivity contribution >= 4 is 39.0 Å². The number of rotatable bonds is 7. The monoisotopic (exact) mass is 861 g/mol. The average molecular weight is 862 g/mol. The van der Waals surface area contributed by atoms with E-state index in [0.29, 0.717) is 11.8 Å². The van der Waals surface area contributed by atoms with E-state index in [0.717, 1.165) is 56.3 Å². The molecule has 15 rings (SSSR count). The minimum absolute atomic E-state index is 0.0911. The predicted octanol–water partition coefficient (Wildman–Crippen LogP) is 16.8. The molecule has 0 unspecified atom stereocenters.